The molecule has 0 aliphatic carbocycles. The highest BCUT2D eigenvalue weighted by Crippen LogP contribution is 2.46. The summed E-state index contributed by atoms with van der Waals surface area (Å²) in [5.41, 5.74) is 4.32. The number of piperidine rings is 1. The highest BCUT2D eigenvalue weighted by Gasteiger charge is 2.47. The minimum atomic E-state index is 0.0264. The maximum absolute atomic E-state index is 5.81. The van der Waals surface area contributed by atoms with Crippen LogP contribution in [0.2, 0.25) is 0 Å². The van der Waals surface area contributed by atoms with Crippen molar-refractivity contribution in [1.29, 1.82) is 0 Å². The number of aromatic nitrogens is 1. The minimum absolute atomic E-state index is 0.0264. The third-order valence-electron chi connectivity index (χ3n) is 6.37. The summed E-state index contributed by atoms with van der Waals surface area (Å²) < 4.78 is 12.8. The number of nitrogens with zero attached hydrogens (tertiary/aromatic N) is 1. The Hall–Kier alpha value is -1.36. The Morgan fingerprint density at radius 2 is 1.96 bits per heavy atom. The second-order valence-electron chi connectivity index (χ2n) is 7.65. The summed E-state index contributed by atoms with van der Waals surface area (Å²) in [6, 6.07) is 9.31. The van der Waals surface area contributed by atoms with Crippen LogP contribution >= 0.6 is 0 Å². The first-order chi connectivity index (χ1) is 11.2. The lowest BCUT2D eigenvalue weighted by atomic mass is 9.82. The van der Waals surface area contributed by atoms with Crippen molar-refractivity contribution in [3.05, 3.63) is 35.5 Å². The first kappa shape index (κ1) is 14.0. The van der Waals surface area contributed by atoms with E-state index in [-0.39, 0.29) is 6.29 Å². The SMILES string of the molecule is C[N@+]12CCc3c([nH]c4ccccc34)[C@@H]1C[C@@H](C1OCCO1)CC2. The number of quaternary nitrogens is 1. The predicted octanol–water partition coefficient (Wildman–Crippen LogP) is 2.99. The lowest BCUT2D eigenvalue weighted by Gasteiger charge is -2.49. The summed E-state index contributed by atoms with van der Waals surface area (Å²) in [5.74, 6) is 0.533. The molecule has 3 aliphatic rings. The van der Waals surface area contributed by atoms with Gasteiger partial charge in [-0.05, 0) is 11.6 Å². The quantitative estimate of drug-likeness (QED) is 0.821. The summed E-state index contributed by atoms with van der Waals surface area (Å²) in [4.78, 5) is 3.75. The van der Waals surface area contributed by atoms with Gasteiger partial charge in [-0.15, -0.1) is 0 Å². The topological polar surface area (TPSA) is 34.2 Å². The number of hydrogen-bond acceptors (Lipinski definition) is 2. The number of para-hydroxylation sites is 1. The van der Waals surface area contributed by atoms with Gasteiger partial charge in [-0.3, -0.25) is 0 Å². The van der Waals surface area contributed by atoms with Gasteiger partial charge in [0.1, 0.15) is 6.04 Å². The van der Waals surface area contributed by atoms with E-state index in [1.165, 1.54) is 53.4 Å². The molecule has 122 valence electrons. The van der Waals surface area contributed by atoms with E-state index in [4.69, 9.17) is 9.47 Å². The lowest BCUT2D eigenvalue weighted by molar-refractivity contribution is -0.948. The van der Waals surface area contributed by atoms with Crippen molar-refractivity contribution >= 4 is 10.9 Å². The van der Waals surface area contributed by atoms with E-state index >= 15 is 0 Å². The van der Waals surface area contributed by atoms with Crippen molar-refractivity contribution in [3.8, 4) is 0 Å². The highest BCUT2D eigenvalue weighted by atomic mass is 16.7. The summed E-state index contributed by atoms with van der Waals surface area (Å²) in [5, 5.41) is 1.42. The van der Waals surface area contributed by atoms with Gasteiger partial charge in [0.15, 0.2) is 6.29 Å². The maximum atomic E-state index is 5.81. The van der Waals surface area contributed by atoms with Gasteiger partial charge in [0.2, 0.25) is 0 Å². The van der Waals surface area contributed by atoms with Crippen molar-refractivity contribution in [2.24, 2.45) is 5.92 Å². The van der Waals surface area contributed by atoms with Crippen LogP contribution in [0.5, 0.6) is 0 Å². The van der Waals surface area contributed by atoms with Gasteiger partial charge >= 0.3 is 0 Å². The van der Waals surface area contributed by atoms with Gasteiger partial charge in [0.25, 0.3) is 0 Å². The zero-order chi connectivity index (χ0) is 15.4. The second-order valence-corrected chi connectivity index (χ2v) is 7.65. The molecule has 0 spiro atoms. The van der Waals surface area contributed by atoms with Crippen LogP contribution in [-0.4, -0.2) is 49.1 Å². The first-order valence-corrected chi connectivity index (χ1v) is 8.91. The Morgan fingerprint density at radius 3 is 2.83 bits per heavy atom. The van der Waals surface area contributed by atoms with Crippen molar-refractivity contribution in [2.75, 3.05) is 33.4 Å². The number of H-pyrrole nitrogens is 1. The fraction of sp³-hybridized carbons (Fsp3) is 0.579. The molecule has 1 aromatic carbocycles. The molecule has 0 bridgehead atoms. The molecule has 0 unspecified atom stereocenters. The third kappa shape index (κ3) is 2.09. The van der Waals surface area contributed by atoms with Gasteiger partial charge in [0, 0.05) is 36.1 Å². The Kier molecular flexibility index (Phi) is 3.09. The van der Waals surface area contributed by atoms with Gasteiger partial charge in [0.05, 0.1) is 39.0 Å². The summed E-state index contributed by atoms with van der Waals surface area (Å²) in [6.07, 6.45) is 3.60. The molecule has 0 amide bonds. The molecule has 2 saturated heterocycles. The molecule has 0 radical (unpaired) electrons. The average Bonchev–Trinajstić information content (AvgIpc) is 3.21. The van der Waals surface area contributed by atoms with Crippen LogP contribution in [0.1, 0.15) is 30.1 Å². The molecule has 1 aromatic heterocycles. The van der Waals surface area contributed by atoms with E-state index in [1.807, 2.05) is 0 Å². The molecule has 4 heterocycles. The molecule has 2 aromatic rings. The molecular formula is C19H25N2O2+. The van der Waals surface area contributed by atoms with Crippen LogP contribution in [0.4, 0.5) is 0 Å². The molecule has 23 heavy (non-hydrogen) atoms. The number of benzene rings is 1. The second kappa shape index (κ2) is 5.07. The van der Waals surface area contributed by atoms with Crippen LogP contribution in [0.3, 0.4) is 0 Å². The Morgan fingerprint density at radius 1 is 1.13 bits per heavy atom. The Labute approximate surface area is 137 Å². The molecule has 3 atom stereocenters. The van der Waals surface area contributed by atoms with E-state index in [2.05, 4.69) is 36.3 Å². The molecular weight excluding hydrogens is 288 g/mol. The van der Waals surface area contributed by atoms with E-state index in [0.717, 1.165) is 13.2 Å². The number of ether oxygens (including phenoxy) is 2. The normalized spacial score (nSPS) is 34.5. The summed E-state index contributed by atoms with van der Waals surface area (Å²) in [7, 11) is 2.44. The number of nitrogens with one attached hydrogen (secondary N) is 1. The molecule has 5 rings (SSSR count). The van der Waals surface area contributed by atoms with Crippen LogP contribution in [0, 0.1) is 5.92 Å². The van der Waals surface area contributed by atoms with Crippen molar-refractivity contribution < 1.29 is 14.0 Å². The Balaban J connectivity index is 1.54. The molecule has 4 nitrogen and oxygen atoms in total. The molecule has 4 heteroatoms. The lowest BCUT2D eigenvalue weighted by Crippen LogP contribution is -2.56. The van der Waals surface area contributed by atoms with Crippen molar-refractivity contribution in [1.82, 2.24) is 4.98 Å². The zero-order valence-corrected chi connectivity index (χ0v) is 13.8. The van der Waals surface area contributed by atoms with Gasteiger partial charge in [-0.1, -0.05) is 18.2 Å². The molecule has 0 saturated carbocycles. The van der Waals surface area contributed by atoms with E-state index in [0.29, 0.717) is 12.0 Å². The number of likely N-dealkylation sites (N-methyl/N-ethyl adjacent to an activating group) is 1. The fourth-order valence-corrected chi connectivity index (χ4v) is 5.01. The maximum Gasteiger partial charge on any atom is 0.161 e. The van der Waals surface area contributed by atoms with Gasteiger partial charge < -0.3 is 18.9 Å². The van der Waals surface area contributed by atoms with Crippen molar-refractivity contribution in [3.63, 3.8) is 0 Å². The number of aromatic amines is 1. The number of hydrogen-bond donors (Lipinski definition) is 1. The number of rotatable bonds is 1. The average molecular weight is 313 g/mol. The predicted molar refractivity (Wildman–Crippen MR) is 89.1 cm³/mol. The standard InChI is InChI=1S/C19H25N2O2/c1-21-8-6-13(19-22-10-11-23-19)12-17(21)18-15(7-9-21)14-4-2-3-5-16(14)20-18/h2-5,13,17,19-20H,6-12H2,1H3/q+1/t13-,17-,21-/m0/s1. The Bertz CT molecular complexity index is 734. The zero-order valence-electron chi connectivity index (χ0n) is 13.8. The monoisotopic (exact) mass is 313 g/mol. The summed E-state index contributed by atoms with van der Waals surface area (Å²) >= 11 is 0. The first-order valence-electron chi connectivity index (χ1n) is 8.91. The smallest absolute Gasteiger partial charge is 0.161 e. The van der Waals surface area contributed by atoms with Crippen LogP contribution < -0.4 is 0 Å². The molecule has 1 N–H and O–H groups in total. The minimum Gasteiger partial charge on any atom is -0.353 e. The van der Waals surface area contributed by atoms with Crippen LogP contribution in [0.15, 0.2) is 24.3 Å². The van der Waals surface area contributed by atoms with Crippen molar-refractivity contribution in [2.45, 2.75) is 31.6 Å². The fourth-order valence-electron chi connectivity index (χ4n) is 5.01. The highest BCUT2D eigenvalue weighted by molar-refractivity contribution is 5.85. The van der Waals surface area contributed by atoms with E-state index in [1.54, 1.807) is 5.56 Å². The van der Waals surface area contributed by atoms with Gasteiger partial charge in [-0.2, -0.15) is 0 Å². The summed E-state index contributed by atoms with van der Waals surface area (Å²) in [6.45, 7) is 4.00. The van der Waals surface area contributed by atoms with Crippen LogP contribution in [-0.2, 0) is 15.9 Å². The van der Waals surface area contributed by atoms with E-state index in [9.17, 15) is 0 Å². The largest absolute Gasteiger partial charge is 0.353 e. The molecule has 3 aliphatic heterocycles. The van der Waals surface area contributed by atoms with E-state index < -0.39 is 0 Å². The van der Waals surface area contributed by atoms with Crippen LogP contribution in [0.25, 0.3) is 10.9 Å². The van der Waals surface area contributed by atoms with Gasteiger partial charge in [-0.25, -0.2) is 0 Å². The number of fused-ring (bicyclic) bond motifs is 5. The third-order valence-corrected chi connectivity index (χ3v) is 6.37. The molecule has 2 fully saturated rings.